The molecule has 0 aliphatic rings. The highest BCUT2D eigenvalue weighted by Crippen LogP contribution is 2.42. The lowest BCUT2D eigenvalue weighted by molar-refractivity contribution is 0.0676. The van der Waals surface area contributed by atoms with Gasteiger partial charge in [-0.15, -0.1) is 0 Å². The average molecular weight is 1020 g/mol. The summed E-state index contributed by atoms with van der Waals surface area (Å²) in [7, 11) is 1.56. The van der Waals surface area contributed by atoms with Crippen LogP contribution in [0.1, 0.15) is 54.4 Å². The van der Waals surface area contributed by atoms with Crippen molar-refractivity contribution >= 4 is 104 Å². The van der Waals surface area contributed by atoms with Crippen molar-refractivity contribution < 1.29 is 69.1 Å². The Kier molecular flexibility index (Phi) is 20.6. The monoisotopic (exact) mass is 1020 g/mol. The van der Waals surface area contributed by atoms with Gasteiger partial charge in [0.25, 0.3) is 0 Å². The molecule has 0 aliphatic heterocycles. The van der Waals surface area contributed by atoms with Crippen LogP contribution < -0.4 is 4.74 Å². The summed E-state index contributed by atoms with van der Waals surface area (Å²) in [5, 5.41) is 37.5. The summed E-state index contributed by atoms with van der Waals surface area (Å²) in [6, 6.07) is 10.9. The number of ether oxygens (including phenoxy) is 1. The molecular weight excluding hydrogens is 997 g/mol. The van der Waals surface area contributed by atoms with E-state index in [0.717, 1.165) is 32.0 Å². The lowest BCUT2D eigenvalue weighted by Crippen LogP contribution is -2.22. The van der Waals surface area contributed by atoms with Gasteiger partial charge in [0, 0.05) is 0 Å². The Morgan fingerprint density at radius 2 is 0.828 bits per heavy atom. The quantitative estimate of drug-likeness (QED) is 0.0692. The fourth-order valence-corrected chi connectivity index (χ4v) is 5.06. The first kappa shape index (κ1) is 54.4. The molecule has 0 spiro atoms. The Bertz CT molecular complexity index is 1920. The standard InChI is InChI=1S/C9H9Cl3O2.C9H7F5O.C8H4Cl3F3O.C8H5Cl3F2O/c1-14-7-4-2-6(3-5-7)8(13)9(10,11)12;1-9(2,15)3-4(10)6(12)8(14)7(13)5(3)11;9-8(10,11)7(15)3-1-4(12)6(14)5(13)2-3;9-8(10,11)7(14)6-4(12)2-1-3-5(6)13/h2-5,8,13H,1H3;15H,1-2H3;1-2,7,15H;1-3,7,14H. The van der Waals surface area contributed by atoms with Crippen molar-refractivity contribution in [3.8, 4) is 5.75 Å². The van der Waals surface area contributed by atoms with E-state index in [2.05, 4.69) is 0 Å². The third-order valence-electron chi connectivity index (χ3n) is 6.78. The van der Waals surface area contributed by atoms with Crippen LogP contribution in [0.3, 0.4) is 0 Å². The summed E-state index contributed by atoms with van der Waals surface area (Å²) >= 11 is 48.5. The molecule has 0 aliphatic carbocycles. The van der Waals surface area contributed by atoms with Gasteiger partial charge in [0.1, 0.15) is 35.7 Å². The zero-order valence-electron chi connectivity index (χ0n) is 28.8. The van der Waals surface area contributed by atoms with Crippen LogP contribution in [0, 0.1) is 58.2 Å². The molecule has 0 saturated carbocycles. The molecule has 3 unspecified atom stereocenters. The maximum Gasteiger partial charge on any atom is 0.220 e. The summed E-state index contributed by atoms with van der Waals surface area (Å²) in [5.74, 6) is -16.2. The molecule has 0 aromatic heterocycles. The average Bonchev–Trinajstić information content (AvgIpc) is 3.10. The van der Waals surface area contributed by atoms with E-state index < -0.39 is 105 Å². The minimum Gasteiger partial charge on any atom is -0.497 e. The maximum atomic E-state index is 13.1. The number of hydrogen-bond donors (Lipinski definition) is 4. The van der Waals surface area contributed by atoms with E-state index in [1.54, 1.807) is 31.4 Å². The Labute approximate surface area is 368 Å². The van der Waals surface area contributed by atoms with E-state index in [1.807, 2.05) is 0 Å². The molecule has 324 valence electrons. The fourth-order valence-electron chi connectivity index (χ4n) is 3.97. The van der Waals surface area contributed by atoms with Gasteiger partial charge in [-0.25, -0.2) is 43.9 Å². The second-order valence-electron chi connectivity index (χ2n) is 11.5. The van der Waals surface area contributed by atoms with Gasteiger partial charge in [-0.2, -0.15) is 0 Å². The van der Waals surface area contributed by atoms with Crippen molar-refractivity contribution in [2.24, 2.45) is 0 Å². The van der Waals surface area contributed by atoms with Gasteiger partial charge in [0.2, 0.25) is 17.2 Å². The summed E-state index contributed by atoms with van der Waals surface area (Å²) in [6.07, 6.45) is -4.72. The molecule has 0 radical (unpaired) electrons. The minimum atomic E-state index is -2.24. The zero-order valence-corrected chi connectivity index (χ0v) is 35.6. The lowest BCUT2D eigenvalue weighted by atomic mass is 9.96. The van der Waals surface area contributed by atoms with Crippen molar-refractivity contribution in [3.63, 3.8) is 0 Å². The smallest absolute Gasteiger partial charge is 0.220 e. The van der Waals surface area contributed by atoms with Crippen molar-refractivity contribution in [1.29, 1.82) is 0 Å². The minimum absolute atomic E-state index is 0.355. The Morgan fingerprint density at radius 3 is 1.16 bits per heavy atom. The molecule has 58 heavy (non-hydrogen) atoms. The molecule has 0 fully saturated rings. The third kappa shape index (κ3) is 15.4. The zero-order chi connectivity index (χ0) is 45.5. The topological polar surface area (TPSA) is 90.2 Å². The summed E-state index contributed by atoms with van der Waals surface area (Å²) in [6.45, 7) is 1.84. The number of methoxy groups -OCH3 is 1. The van der Waals surface area contributed by atoms with Gasteiger partial charge >= 0.3 is 0 Å². The van der Waals surface area contributed by atoms with Crippen LogP contribution in [-0.2, 0) is 5.60 Å². The van der Waals surface area contributed by atoms with Gasteiger partial charge in [-0.1, -0.05) is 123 Å². The molecular formula is C34H25Cl9F10O5. The molecule has 4 aromatic rings. The molecule has 3 atom stereocenters. The number of aliphatic hydroxyl groups is 4. The van der Waals surface area contributed by atoms with E-state index in [1.165, 1.54) is 0 Å². The first-order valence-electron chi connectivity index (χ1n) is 14.9. The van der Waals surface area contributed by atoms with Crippen molar-refractivity contribution in [2.75, 3.05) is 7.11 Å². The Balaban J connectivity index is 0.000000387. The second-order valence-corrected chi connectivity index (χ2v) is 18.7. The van der Waals surface area contributed by atoms with Gasteiger partial charge in [-0.3, -0.25) is 0 Å². The van der Waals surface area contributed by atoms with Crippen LogP contribution in [0.4, 0.5) is 43.9 Å². The van der Waals surface area contributed by atoms with E-state index in [9.17, 15) is 64.3 Å². The predicted molar refractivity (Wildman–Crippen MR) is 203 cm³/mol. The Morgan fingerprint density at radius 1 is 0.483 bits per heavy atom. The molecule has 0 saturated heterocycles. The van der Waals surface area contributed by atoms with Gasteiger partial charge in [0.05, 0.1) is 23.8 Å². The van der Waals surface area contributed by atoms with Crippen LogP contribution >= 0.6 is 104 Å². The highest BCUT2D eigenvalue weighted by atomic mass is 35.6. The maximum absolute atomic E-state index is 13.1. The summed E-state index contributed by atoms with van der Waals surface area (Å²) in [5.41, 5.74) is -3.85. The van der Waals surface area contributed by atoms with Crippen LogP contribution in [0.2, 0.25) is 0 Å². The largest absolute Gasteiger partial charge is 0.497 e. The van der Waals surface area contributed by atoms with Gasteiger partial charge < -0.3 is 25.2 Å². The Hall–Kier alpha value is -1.57. The first-order chi connectivity index (χ1) is 26.2. The first-order valence-corrected chi connectivity index (χ1v) is 18.3. The summed E-state index contributed by atoms with van der Waals surface area (Å²) in [4.78, 5) is 0. The molecule has 4 N–H and O–H groups in total. The highest BCUT2D eigenvalue weighted by molar-refractivity contribution is 6.68. The normalized spacial score (nSPS) is 13.5. The predicted octanol–water partition coefficient (Wildman–Crippen LogP) is 12.6. The number of aliphatic hydroxyl groups excluding tert-OH is 3. The number of hydrogen-bond acceptors (Lipinski definition) is 5. The summed E-state index contributed by atoms with van der Waals surface area (Å²) < 4.78 is 127. The van der Waals surface area contributed by atoms with E-state index in [-0.39, 0.29) is 5.56 Å². The van der Waals surface area contributed by atoms with E-state index >= 15 is 0 Å². The number of halogens is 19. The fraction of sp³-hybridized carbons (Fsp3) is 0.294. The highest BCUT2D eigenvalue weighted by Gasteiger charge is 2.37. The second kappa shape index (κ2) is 22.0. The van der Waals surface area contributed by atoms with Crippen LogP contribution in [0.15, 0.2) is 54.6 Å². The molecule has 0 heterocycles. The van der Waals surface area contributed by atoms with Crippen LogP contribution in [-0.4, -0.2) is 38.9 Å². The van der Waals surface area contributed by atoms with Crippen molar-refractivity contribution in [2.45, 2.75) is 49.1 Å². The van der Waals surface area contributed by atoms with Crippen molar-refractivity contribution in [1.82, 2.24) is 0 Å². The number of rotatable bonds is 5. The van der Waals surface area contributed by atoms with Gasteiger partial charge in [0.15, 0.2) is 40.7 Å². The molecule has 5 nitrogen and oxygen atoms in total. The molecule has 0 amide bonds. The number of alkyl halides is 9. The molecule has 4 rings (SSSR count). The van der Waals surface area contributed by atoms with Gasteiger partial charge in [-0.05, 0) is 61.4 Å². The molecule has 24 heteroatoms. The number of benzene rings is 4. The van der Waals surface area contributed by atoms with E-state index in [0.29, 0.717) is 23.4 Å². The third-order valence-corrected chi connectivity index (χ3v) is 8.64. The molecule has 0 bridgehead atoms. The van der Waals surface area contributed by atoms with E-state index in [4.69, 9.17) is 109 Å². The van der Waals surface area contributed by atoms with Crippen LogP contribution in [0.5, 0.6) is 5.75 Å². The lowest BCUT2D eigenvalue weighted by Gasteiger charge is -2.19. The van der Waals surface area contributed by atoms with Crippen LogP contribution in [0.25, 0.3) is 0 Å². The SMILES string of the molecule is CC(C)(O)c1c(F)c(F)c(F)c(F)c1F.COc1ccc(C(O)C(Cl)(Cl)Cl)cc1.OC(c1c(F)cccc1F)C(Cl)(Cl)Cl.OC(c1cc(F)c(F)c(F)c1)C(Cl)(Cl)Cl. The molecule has 4 aromatic carbocycles. The van der Waals surface area contributed by atoms with Crippen molar-refractivity contribution in [3.05, 3.63) is 135 Å².